The first kappa shape index (κ1) is 24.0. The maximum absolute atomic E-state index is 12.5. The lowest BCUT2D eigenvalue weighted by Gasteiger charge is -2.32. The monoisotopic (exact) mass is 403 g/mol. The van der Waals surface area contributed by atoms with E-state index in [1.54, 1.807) is 41.5 Å². The first-order valence-electron chi connectivity index (χ1n) is 9.21. The maximum Gasteiger partial charge on any atom is 0.411 e. The number of carbonyl (C=O) groups excluding carboxylic acids is 2. The summed E-state index contributed by atoms with van der Waals surface area (Å²) in [6, 6.07) is -0.617. The van der Waals surface area contributed by atoms with E-state index in [9.17, 15) is 24.7 Å². The van der Waals surface area contributed by atoms with Gasteiger partial charge in [0.05, 0.1) is 6.04 Å². The third kappa shape index (κ3) is 6.83. The lowest BCUT2D eigenvalue weighted by Crippen LogP contribution is -2.52. The summed E-state index contributed by atoms with van der Waals surface area (Å²) >= 11 is 0. The number of alkyl carbamates (subject to hydrolysis) is 1. The van der Waals surface area contributed by atoms with Crippen molar-refractivity contribution in [2.24, 2.45) is 0 Å². The van der Waals surface area contributed by atoms with Crippen LogP contribution < -0.4 is 5.32 Å². The van der Waals surface area contributed by atoms with Crippen LogP contribution in [0.3, 0.4) is 0 Å². The Kier molecular flexibility index (Phi) is 7.29. The normalized spacial score (nSPS) is 22.9. The minimum absolute atomic E-state index is 0.0132. The molecule has 2 amide bonds. The van der Waals surface area contributed by atoms with Gasteiger partial charge < -0.3 is 25.1 Å². The molecule has 0 aromatic heterocycles. The van der Waals surface area contributed by atoms with Crippen LogP contribution in [-0.4, -0.2) is 80.8 Å². The van der Waals surface area contributed by atoms with Crippen LogP contribution in [-0.2, 0) is 14.3 Å². The van der Waals surface area contributed by atoms with Crippen LogP contribution >= 0.6 is 0 Å². The number of ether oxygens (including phenoxy) is 2. The van der Waals surface area contributed by atoms with Crippen LogP contribution in [0.25, 0.3) is 0 Å². The van der Waals surface area contributed by atoms with Crippen molar-refractivity contribution in [1.29, 1.82) is 0 Å². The average Bonchev–Trinajstić information content (AvgIpc) is 2.83. The van der Waals surface area contributed by atoms with Crippen molar-refractivity contribution < 1.29 is 34.2 Å². The summed E-state index contributed by atoms with van der Waals surface area (Å²) in [6.45, 7) is 11.8. The molecule has 1 aliphatic heterocycles. The molecule has 10 heteroatoms. The van der Waals surface area contributed by atoms with Gasteiger partial charge in [-0.15, -0.1) is 0 Å². The number of hydrogen-bond acceptors (Lipinski definition) is 7. The van der Waals surface area contributed by atoms with E-state index in [4.69, 9.17) is 9.47 Å². The number of hydroxylamine groups is 2. The van der Waals surface area contributed by atoms with E-state index in [0.717, 1.165) is 9.96 Å². The highest BCUT2D eigenvalue weighted by Crippen LogP contribution is 2.33. The fraction of sp³-hybridized carbons (Fsp3) is 0.833. The van der Waals surface area contributed by atoms with E-state index in [0.29, 0.717) is 0 Å². The minimum Gasteiger partial charge on any atom is -0.480 e. The molecule has 3 N–H and O–H groups in total. The predicted molar refractivity (Wildman–Crippen MR) is 100 cm³/mol. The first-order chi connectivity index (χ1) is 12.5. The van der Waals surface area contributed by atoms with Crippen molar-refractivity contribution >= 4 is 18.2 Å². The molecule has 1 rings (SSSR count). The van der Waals surface area contributed by atoms with Crippen LogP contribution in [0.2, 0.25) is 0 Å². The molecule has 1 aliphatic rings. The Morgan fingerprint density at radius 3 is 2.14 bits per heavy atom. The summed E-state index contributed by atoms with van der Waals surface area (Å²) in [5, 5.41) is 23.4. The number of amides is 2. The summed E-state index contributed by atoms with van der Waals surface area (Å²) in [6.07, 6.45) is -1.34. The van der Waals surface area contributed by atoms with Crippen molar-refractivity contribution in [2.75, 3.05) is 19.6 Å². The average molecular weight is 403 g/mol. The van der Waals surface area contributed by atoms with Gasteiger partial charge in [0.1, 0.15) is 16.7 Å². The molecule has 28 heavy (non-hydrogen) atoms. The number of carbonyl (C=O) groups is 3. The van der Waals surface area contributed by atoms with Crippen LogP contribution in [0.1, 0.15) is 54.9 Å². The van der Waals surface area contributed by atoms with E-state index in [2.05, 4.69) is 5.32 Å². The van der Waals surface area contributed by atoms with Gasteiger partial charge in [0.2, 0.25) is 0 Å². The number of nitrogens with zero attached hydrogens (tertiary/aromatic N) is 2. The molecule has 0 aliphatic carbocycles. The molecule has 0 radical (unpaired) electrons. The smallest absolute Gasteiger partial charge is 0.411 e. The number of carboxylic acids is 1. The fourth-order valence-corrected chi connectivity index (χ4v) is 2.81. The Labute approximate surface area is 165 Å². The zero-order valence-electron chi connectivity index (χ0n) is 17.7. The predicted octanol–water partition coefficient (Wildman–Crippen LogP) is 2.05. The van der Waals surface area contributed by atoms with E-state index in [1.807, 2.05) is 0 Å². The molecule has 0 spiro atoms. The third-order valence-corrected chi connectivity index (χ3v) is 4.13. The van der Waals surface area contributed by atoms with Gasteiger partial charge in [0, 0.05) is 26.1 Å². The van der Waals surface area contributed by atoms with E-state index in [1.165, 1.54) is 6.92 Å². The molecule has 0 bridgehead atoms. The van der Waals surface area contributed by atoms with Gasteiger partial charge >= 0.3 is 18.2 Å². The molecular weight excluding hydrogens is 370 g/mol. The van der Waals surface area contributed by atoms with Crippen LogP contribution in [0.5, 0.6) is 0 Å². The highest BCUT2D eigenvalue weighted by atomic mass is 16.6. The molecule has 0 aromatic rings. The lowest BCUT2D eigenvalue weighted by molar-refractivity contribution is -0.148. The Hall–Kier alpha value is -2.07. The van der Waals surface area contributed by atoms with Crippen LogP contribution in [0, 0.1) is 0 Å². The van der Waals surface area contributed by atoms with E-state index >= 15 is 0 Å². The van der Waals surface area contributed by atoms with Crippen molar-refractivity contribution in [3.63, 3.8) is 0 Å². The van der Waals surface area contributed by atoms with E-state index in [-0.39, 0.29) is 26.1 Å². The molecule has 1 saturated heterocycles. The zero-order valence-corrected chi connectivity index (χ0v) is 17.7. The standard InChI is InChI=1S/C18H33N3O7/c1-16(2,3)27-14(24)19-8-9-21(26)12-10-18(7,13(22)23)20(11-12)15(25)28-17(4,5)6/h12,26H,8-11H2,1-7H3,(H,19,24)(H,22,23)/t12-,18+/m1/s1. The highest BCUT2D eigenvalue weighted by molar-refractivity contribution is 5.85. The second kappa shape index (κ2) is 8.52. The minimum atomic E-state index is -1.51. The fourth-order valence-electron chi connectivity index (χ4n) is 2.81. The van der Waals surface area contributed by atoms with Gasteiger partial charge in [-0.05, 0) is 48.5 Å². The third-order valence-electron chi connectivity index (χ3n) is 4.13. The molecule has 0 aromatic carbocycles. The highest BCUT2D eigenvalue weighted by Gasteiger charge is 2.52. The number of carboxylic acid groups (broad SMARTS) is 1. The number of hydrogen-bond donors (Lipinski definition) is 3. The molecular formula is C18H33N3O7. The van der Waals surface area contributed by atoms with Gasteiger partial charge in [-0.3, -0.25) is 4.90 Å². The summed E-state index contributed by atoms with van der Waals surface area (Å²) in [4.78, 5) is 37.0. The van der Waals surface area contributed by atoms with Gasteiger partial charge in [-0.25, -0.2) is 14.4 Å². The summed E-state index contributed by atoms with van der Waals surface area (Å²) in [5.41, 5.74) is -2.91. The Morgan fingerprint density at radius 2 is 1.68 bits per heavy atom. The molecule has 0 saturated carbocycles. The largest absolute Gasteiger partial charge is 0.480 e. The number of nitrogens with one attached hydrogen (secondary N) is 1. The number of likely N-dealkylation sites (tertiary alicyclic amines) is 1. The number of rotatable bonds is 5. The summed E-state index contributed by atoms with van der Waals surface area (Å²) in [7, 11) is 0. The molecule has 0 unspecified atom stereocenters. The van der Waals surface area contributed by atoms with E-state index < -0.39 is 40.9 Å². The summed E-state index contributed by atoms with van der Waals surface area (Å²) < 4.78 is 10.4. The van der Waals surface area contributed by atoms with Gasteiger partial charge in [0.25, 0.3) is 0 Å². The Balaban J connectivity index is 2.70. The zero-order chi connectivity index (χ0) is 21.9. The SMILES string of the molecule is CC(C)(C)OC(=O)NCCN(O)[C@H]1CN(C(=O)OC(C)(C)C)[C@](C)(C(=O)O)C1. The molecule has 10 nitrogen and oxygen atoms in total. The molecule has 1 heterocycles. The second-order valence-electron chi connectivity index (χ2n) is 9.12. The van der Waals surface area contributed by atoms with Gasteiger partial charge in [0.15, 0.2) is 0 Å². The molecule has 1 fully saturated rings. The van der Waals surface area contributed by atoms with Crippen LogP contribution in [0.4, 0.5) is 9.59 Å². The van der Waals surface area contributed by atoms with Gasteiger partial charge in [-0.2, -0.15) is 5.06 Å². The Morgan fingerprint density at radius 1 is 1.14 bits per heavy atom. The quantitative estimate of drug-likeness (QED) is 0.595. The maximum atomic E-state index is 12.5. The van der Waals surface area contributed by atoms with Crippen LogP contribution in [0.15, 0.2) is 0 Å². The molecule has 162 valence electrons. The van der Waals surface area contributed by atoms with Crippen molar-refractivity contribution in [3.05, 3.63) is 0 Å². The first-order valence-corrected chi connectivity index (χ1v) is 9.21. The van der Waals surface area contributed by atoms with Crippen molar-refractivity contribution in [1.82, 2.24) is 15.3 Å². The van der Waals surface area contributed by atoms with Gasteiger partial charge in [-0.1, -0.05) is 0 Å². The Bertz CT molecular complexity index is 597. The van der Waals surface area contributed by atoms with Crippen molar-refractivity contribution in [3.8, 4) is 0 Å². The van der Waals surface area contributed by atoms with Crippen molar-refractivity contribution in [2.45, 2.75) is 77.7 Å². The summed E-state index contributed by atoms with van der Waals surface area (Å²) in [5.74, 6) is -1.18. The second-order valence-corrected chi connectivity index (χ2v) is 9.12. The number of aliphatic carboxylic acids is 1. The molecule has 2 atom stereocenters. The lowest BCUT2D eigenvalue weighted by atomic mass is 9.97. The topological polar surface area (TPSA) is 129 Å².